The molecule has 0 saturated heterocycles. The van der Waals surface area contributed by atoms with Crippen LogP contribution in [0.5, 0.6) is 11.6 Å². The normalized spacial score (nSPS) is 14.8. The first-order valence-corrected chi connectivity index (χ1v) is 12.3. The van der Waals surface area contributed by atoms with Crippen LogP contribution in [0.25, 0.3) is 17.2 Å². The zero-order valence-electron chi connectivity index (χ0n) is 20.8. The second-order valence-electron chi connectivity index (χ2n) is 9.05. The van der Waals surface area contributed by atoms with Crippen molar-refractivity contribution < 1.29 is 9.47 Å². The van der Waals surface area contributed by atoms with Crippen LogP contribution >= 0.6 is 0 Å². The number of aromatic nitrogens is 7. The Hall–Kier alpha value is -4.53. The molecule has 4 heterocycles. The second kappa shape index (κ2) is 9.85. The number of methoxy groups -OCH3 is 1. The van der Waals surface area contributed by atoms with Crippen LogP contribution in [0.15, 0.2) is 72.8 Å². The molecule has 0 aliphatic carbocycles. The summed E-state index contributed by atoms with van der Waals surface area (Å²) in [4.78, 5) is 9.74. The van der Waals surface area contributed by atoms with E-state index in [-0.39, 0.29) is 5.92 Å². The minimum Gasteiger partial charge on any atom is -0.497 e. The summed E-state index contributed by atoms with van der Waals surface area (Å²) >= 11 is 0. The Morgan fingerprint density at radius 3 is 2.68 bits per heavy atom. The summed E-state index contributed by atoms with van der Waals surface area (Å²) in [5, 5.41) is 13.5. The molecule has 1 unspecified atom stereocenters. The standard InChI is InChI=1S/C28H27N7O2/c1-19-31-32-25-15-14-21(17-34(19)25)28-30-27(33-35(28)22-10-6-11-23(16-22)36-2)24-12-7-13-26(29-24)37-18-20-8-4-3-5-9-20/h3-13,16,21H,14-15,17-18H2,1-2H3. The lowest BCUT2D eigenvalue weighted by Gasteiger charge is -2.23. The van der Waals surface area contributed by atoms with Gasteiger partial charge in [-0.05, 0) is 37.1 Å². The van der Waals surface area contributed by atoms with E-state index in [9.17, 15) is 0 Å². The van der Waals surface area contributed by atoms with E-state index >= 15 is 0 Å². The molecule has 1 atom stereocenters. The van der Waals surface area contributed by atoms with Crippen molar-refractivity contribution >= 4 is 0 Å². The predicted octanol–water partition coefficient (Wildman–Crippen LogP) is 4.55. The molecule has 2 aromatic carbocycles. The zero-order valence-corrected chi connectivity index (χ0v) is 20.8. The fourth-order valence-electron chi connectivity index (χ4n) is 4.65. The Labute approximate surface area is 214 Å². The van der Waals surface area contributed by atoms with Crippen LogP contribution in [0.3, 0.4) is 0 Å². The molecule has 1 aliphatic heterocycles. The molecule has 9 nitrogen and oxygen atoms in total. The molecule has 0 N–H and O–H groups in total. The quantitative estimate of drug-likeness (QED) is 0.328. The molecule has 0 spiro atoms. The van der Waals surface area contributed by atoms with Crippen molar-refractivity contribution in [3.05, 3.63) is 95.8 Å². The number of fused-ring (bicyclic) bond motifs is 1. The minimum atomic E-state index is 0.146. The highest BCUT2D eigenvalue weighted by atomic mass is 16.5. The van der Waals surface area contributed by atoms with E-state index in [1.807, 2.05) is 84.4 Å². The maximum absolute atomic E-state index is 5.96. The van der Waals surface area contributed by atoms with Crippen LogP contribution in [-0.2, 0) is 19.6 Å². The van der Waals surface area contributed by atoms with Gasteiger partial charge in [0.2, 0.25) is 11.7 Å². The molecule has 0 radical (unpaired) electrons. The Balaban J connectivity index is 1.36. The molecule has 5 aromatic rings. The van der Waals surface area contributed by atoms with Gasteiger partial charge in [0.1, 0.15) is 35.5 Å². The molecule has 186 valence electrons. The first-order valence-electron chi connectivity index (χ1n) is 12.3. The van der Waals surface area contributed by atoms with E-state index < -0.39 is 0 Å². The van der Waals surface area contributed by atoms with Crippen molar-refractivity contribution in [3.63, 3.8) is 0 Å². The monoisotopic (exact) mass is 493 g/mol. The van der Waals surface area contributed by atoms with E-state index in [0.29, 0.717) is 24.0 Å². The van der Waals surface area contributed by atoms with Gasteiger partial charge in [0.15, 0.2) is 0 Å². The van der Waals surface area contributed by atoms with E-state index in [1.165, 1.54) is 0 Å². The third kappa shape index (κ3) is 4.67. The van der Waals surface area contributed by atoms with Gasteiger partial charge in [0.25, 0.3) is 0 Å². The van der Waals surface area contributed by atoms with Crippen molar-refractivity contribution in [1.82, 2.24) is 34.5 Å². The molecule has 6 rings (SSSR count). The molecule has 0 fully saturated rings. The molecular weight excluding hydrogens is 466 g/mol. The summed E-state index contributed by atoms with van der Waals surface area (Å²) in [5.74, 6) is 4.79. The first-order chi connectivity index (χ1) is 18.2. The van der Waals surface area contributed by atoms with Crippen LogP contribution in [0.4, 0.5) is 0 Å². The van der Waals surface area contributed by atoms with Crippen molar-refractivity contribution in [1.29, 1.82) is 0 Å². The smallest absolute Gasteiger partial charge is 0.214 e. The van der Waals surface area contributed by atoms with Gasteiger partial charge in [0.05, 0.1) is 12.8 Å². The fraction of sp³-hybridized carbons (Fsp3) is 0.250. The van der Waals surface area contributed by atoms with Crippen LogP contribution < -0.4 is 9.47 Å². The lowest BCUT2D eigenvalue weighted by atomic mass is 9.98. The van der Waals surface area contributed by atoms with Crippen molar-refractivity contribution in [3.8, 4) is 28.8 Å². The maximum atomic E-state index is 5.96. The van der Waals surface area contributed by atoms with Gasteiger partial charge >= 0.3 is 0 Å². The Kier molecular flexibility index (Phi) is 6.10. The van der Waals surface area contributed by atoms with Gasteiger partial charge in [-0.15, -0.1) is 15.3 Å². The van der Waals surface area contributed by atoms with Crippen molar-refractivity contribution in [2.45, 2.75) is 38.8 Å². The first kappa shape index (κ1) is 22.9. The van der Waals surface area contributed by atoms with Crippen LogP contribution in [0.1, 0.15) is 35.4 Å². The predicted molar refractivity (Wildman–Crippen MR) is 138 cm³/mol. The maximum Gasteiger partial charge on any atom is 0.214 e. The highest BCUT2D eigenvalue weighted by molar-refractivity contribution is 5.51. The molecule has 3 aromatic heterocycles. The summed E-state index contributed by atoms with van der Waals surface area (Å²) in [7, 11) is 1.66. The second-order valence-corrected chi connectivity index (χ2v) is 9.05. The van der Waals surface area contributed by atoms with E-state index in [4.69, 9.17) is 24.5 Å². The molecular formula is C28H27N7O2. The van der Waals surface area contributed by atoms with Crippen LogP contribution in [0.2, 0.25) is 0 Å². The summed E-state index contributed by atoms with van der Waals surface area (Å²) in [6.07, 6.45) is 1.75. The van der Waals surface area contributed by atoms with Gasteiger partial charge in [-0.2, -0.15) is 0 Å². The molecule has 0 bridgehead atoms. The number of hydrogen-bond donors (Lipinski definition) is 0. The fourth-order valence-corrected chi connectivity index (χ4v) is 4.65. The SMILES string of the molecule is COc1cccc(-n2nc(-c3cccc(OCc4ccccc4)n3)nc2C2CCc3nnc(C)n3C2)c1. The number of benzene rings is 2. The average Bonchev–Trinajstić information content (AvgIpc) is 3.57. The molecule has 37 heavy (non-hydrogen) atoms. The number of pyridine rings is 1. The highest BCUT2D eigenvalue weighted by Gasteiger charge is 2.28. The molecule has 9 heteroatoms. The van der Waals surface area contributed by atoms with E-state index in [0.717, 1.165) is 53.9 Å². The topological polar surface area (TPSA) is 92.8 Å². The molecule has 0 saturated carbocycles. The van der Waals surface area contributed by atoms with E-state index in [2.05, 4.69) is 14.8 Å². The zero-order chi connectivity index (χ0) is 25.2. The number of aryl methyl sites for hydroxylation is 2. The lowest BCUT2D eigenvalue weighted by molar-refractivity contribution is 0.294. The third-order valence-electron chi connectivity index (χ3n) is 6.61. The van der Waals surface area contributed by atoms with Gasteiger partial charge in [-0.25, -0.2) is 14.6 Å². The largest absolute Gasteiger partial charge is 0.497 e. The number of ether oxygens (including phenoxy) is 2. The third-order valence-corrected chi connectivity index (χ3v) is 6.61. The number of hydrogen-bond acceptors (Lipinski definition) is 7. The Bertz CT molecular complexity index is 1530. The average molecular weight is 494 g/mol. The van der Waals surface area contributed by atoms with Gasteiger partial charge in [-0.3, -0.25) is 0 Å². The Morgan fingerprint density at radius 1 is 0.946 bits per heavy atom. The lowest BCUT2D eigenvalue weighted by Crippen LogP contribution is -2.22. The summed E-state index contributed by atoms with van der Waals surface area (Å²) < 4.78 is 15.5. The van der Waals surface area contributed by atoms with Gasteiger partial charge in [0, 0.05) is 31.0 Å². The summed E-state index contributed by atoms with van der Waals surface area (Å²) in [6.45, 7) is 3.18. The van der Waals surface area contributed by atoms with Crippen molar-refractivity contribution in [2.24, 2.45) is 0 Å². The van der Waals surface area contributed by atoms with Crippen molar-refractivity contribution in [2.75, 3.05) is 7.11 Å². The number of rotatable bonds is 7. The minimum absolute atomic E-state index is 0.146. The number of nitrogens with zero attached hydrogens (tertiary/aromatic N) is 7. The summed E-state index contributed by atoms with van der Waals surface area (Å²) in [5.41, 5.74) is 2.62. The van der Waals surface area contributed by atoms with Gasteiger partial charge < -0.3 is 14.0 Å². The summed E-state index contributed by atoms with van der Waals surface area (Å²) in [6, 6.07) is 23.6. The molecule has 1 aliphatic rings. The van der Waals surface area contributed by atoms with E-state index in [1.54, 1.807) is 7.11 Å². The van der Waals surface area contributed by atoms with Gasteiger partial charge in [-0.1, -0.05) is 42.5 Å². The van der Waals surface area contributed by atoms with Crippen LogP contribution in [0, 0.1) is 6.92 Å². The molecule has 0 amide bonds. The van der Waals surface area contributed by atoms with Crippen LogP contribution in [-0.4, -0.2) is 41.6 Å². The Morgan fingerprint density at radius 2 is 1.81 bits per heavy atom. The highest BCUT2D eigenvalue weighted by Crippen LogP contribution is 2.31.